The molecule has 2 fully saturated rings. The first-order chi connectivity index (χ1) is 21.5. The normalized spacial score (nSPS) is 19.1. The number of pyridine rings is 1. The minimum Gasteiger partial charge on any atom is -0.497 e. The number of rotatable bonds is 12. The van der Waals surface area contributed by atoms with Crippen molar-refractivity contribution >= 4 is 23.4 Å². The largest absolute Gasteiger partial charge is 0.497 e. The van der Waals surface area contributed by atoms with Crippen LogP contribution in [0, 0.1) is 23.2 Å². The molecule has 240 valence electrons. The van der Waals surface area contributed by atoms with E-state index < -0.39 is 5.97 Å². The first-order valence-electron chi connectivity index (χ1n) is 16.1. The van der Waals surface area contributed by atoms with Crippen molar-refractivity contribution in [1.29, 1.82) is 0 Å². The Morgan fingerprint density at radius 1 is 1.04 bits per heavy atom. The average molecular weight is 614 g/mol. The molecule has 45 heavy (non-hydrogen) atoms. The monoisotopic (exact) mass is 613 g/mol. The highest BCUT2D eigenvalue weighted by Gasteiger charge is 2.34. The molecule has 5 rings (SSSR count). The van der Waals surface area contributed by atoms with Gasteiger partial charge in [-0.15, -0.1) is 0 Å². The van der Waals surface area contributed by atoms with Crippen molar-refractivity contribution in [2.45, 2.75) is 59.3 Å². The van der Waals surface area contributed by atoms with Gasteiger partial charge in [-0.1, -0.05) is 45.9 Å². The van der Waals surface area contributed by atoms with Crippen molar-refractivity contribution in [2.24, 2.45) is 23.2 Å². The van der Waals surface area contributed by atoms with Crippen molar-refractivity contribution in [3.8, 4) is 11.5 Å². The zero-order chi connectivity index (χ0) is 32.1. The summed E-state index contributed by atoms with van der Waals surface area (Å²) in [6.45, 7) is 11.3. The summed E-state index contributed by atoms with van der Waals surface area (Å²) in [5.41, 5.74) is 2.44. The fraction of sp³-hybridized carbons (Fsp3) is 0.486. The van der Waals surface area contributed by atoms with Crippen LogP contribution >= 0.6 is 0 Å². The summed E-state index contributed by atoms with van der Waals surface area (Å²) in [5, 5.41) is 9.43. The molecule has 1 aliphatic heterocycles. The Hall–Kier alpha value is -4.07. The minimum absolute atomic E-state index is 0.0463. The summed E-state index contributed by atoms with van der Waals surface area (Å²) < 4.78 is 11.9. The number of benzene rings is 2. The van der Waals surface area contributed by atoms with E-state index in [0.29, 0.717) is 48.0 Å². The van der Waals surface area contributed by atoms with Gasteiger partial charge in [0, 0.05) is 31.9 Å². The number of carboxylic acid groups (broad SMARTS) is 1. The number of carbonyl (C=O) groups is 2. The second-order valence-electron chi connectivity index (χ2n) is 13.9. The molecule has 1 amide bonds. The van der Waals surface area contributed by atoms with Crippen LogP contribution in [0.4, 0.5) is 11.5 Å². The summed E-state index contributed by atoms with van der Waals surface area (Å²) >= 11 is 0. The van der Waals surface area contributed by atoms with Crippen molar-refractivity contribution in [2.75, 3.05) is 43.2 Å². The zero-order valence-corrected chi connectivity index (χ0v) is 27.2. The van der Waals surface area contributed by atoms with E-state index in [1.54, 1.807) is 18.2 Å². The van der Waals surface area contributed by atoms with Crippen LogP contribution in [-0.2, 0) is 4.79 Å². The molecule has 2 aliphatic rings. The molecule has 2 heterocycles. The lowest BCUT2D eigenvalue weighted by Crippen LogP contribution is -2.43. The van der Waals surface area contributed by atoms with E-state index in [0.717, 1.165) is 49.4 Å². The van der Waals surface area contributed by atoms with Gasteiger partial charge in [0.2, 0.25) is 0 Å². The van der Waals surface area contributed by atoms with Gasteiger partial charge in [-0.2, -0.15) is 0 Å². The number of hydrogen-bond donors (Lipinski definition) is 1. The molecule has 0 radical (unpaired) electrons. The molecular formula is C37H47N3O5. The van der Waals surface area contributed by atoms with E-state index in [9.17, 15) is 14.7 Å². The van der Waals surface area contributed by atoms with Crippen molar-refractivity contribution < 1.29 is 24.2 Å². The van der Waals surface area contributed by atoms with Crippen LogP contribution in [0.3, 0.4) is 0 Å². The Morgan fingerprint density at radius 3 is 2.49 bits per heavy atom. The lowest BCUT2D eigenvalue weighted by atomic mass is 9.87. The summed E-state index contributed by atoms with van der Waals surface area (Å²) in [7, 11) is 1.65. The van der Waals surface area contributed by atoms with Gasteiger partial charge in [0.15, 0.2) is 0 Å². The van der Waals surface area contributed by atoms with Crippen LogP contribution in [0.2, 0.25) is 0 Å². The standard InChI is InChI=1S/C37H47N3O5/c1-25-22-39(18-16-28(25)23-45-30-10-8-9-27(19-30)32(21-35(41)42)26-12-13-26)33-20-29(44-5)14-15-31(33)36(43)40(24-37(2,3)4)34-11-6-7-17-38-34/h6-11,14-15,17,19-20,25-26,28,32H,12-13,16,18,21-24H2,1-5H3,(H,41,42)/t25-,28-,32-/m0/s1. The molecule has 8 nitrogen and oxygen atoms in total. The number of amides is 1. The fourth-order valence-corrected chi connectivity index (χ4v) is 6.41. The fourth-order valence-electron chi connectivity index (χ4n) is 6.41. The molecule has 1 aliphatic carbocycles. The van der Waals surface area contributed by atoms with Gasteiger partial charge in [-0.3, -0.25) is 14.5 Å². The molecule has 1 saturated carbocycles. The average Bonchev–Trinajstić information content (AvgIpc) is 3.87. The third-order valence-electron chi connectivity index (χ3n) is 9.00. The summed E-state index contributed by atoms with van der Waals surface area (Å²) in [6.07, 6.45) is 4.99. The number of nitrogens with zero attached hydrogens (tertiary/aromatic N) is 3. The number of methoxy groups -OCH3 is 1. The molecule has 1 saturated heterocycles. The van der Waals surface area contributed by atoms with E-state index >= 15 is 0 Å². The summed E-state index contributed by atoms with van der Waals surface area (Å²) in [5.74, 6) is 2.49. The number of carboxylic acids is 1. The van der Waals surface area contributed by atoms with Gasteiger partial charge < -0.3 is 19.5 Å². The molecule has 1 N–H and O–H groups in total. The van der Waals surface area contributed by atoms with Crippen LogP contribution in [0.5, 0.6) is 11.5 Å². The number of aromatic nitrogens is 1. The number of carbonyl (C=O) groups excluding carboxylic acids is 1. The van der Waals surface area contributed by atoms with E-state index in [2.05, 4.69) is 37.6 Å². The number of hydrogen-bond acceptors (Lipinski definition) is 6. The smallest absolute Gasteiger partial charge is 0.303 e. The van der Waals surface area contributed by atoms with Gasteiger partial charge in [0.25, 0.3) is 5.91 Å². The number of aliphatic carboxylic acids is 1. The Labute approximate surface area is 267 Å². The third kappa shape index (κ3) is 8.35. The Morgan fingerprint density at radius 2 is 1.84 bits per heavy atom. The molecule has 3 aromatic rings. The van der Waals surface area contributed by atoms with Crippen LogP contribution in [-0.4, -0.2) is 55.3 Å². The predicted octanol–water partition coefficient (Wildman–Crippen LogP) is 7.29. The van der Waals surface area contributed by atoms with Crippen LogP contribution < -0.4 is 19.3 Å². The van der Waals surface area contributed by atoms with Crippen molar-refractivity contribution in [3.63, 3.8) is 0 Å². The van der Waals surface area contributed by atoms with Gasteiger partial charge in [-0.05, 0) is 90.3 Å². The minimum atomic E-state index is -0.752. The maximum atomic E-state index is 14.2. The molecule has 2 aromatic carbocycles. The maximum absolute atomic E-state index is 14.2. The molecule has 0 bridgehead atoms. The molecule has 1 aromatic heterocycles. The second kappa shape index (κ2) is 13.9. The highest BCUT2D eigenvalue weighted by Crippen LogP contribution is 2.45. The second-order valence-corrected chi connectivity index (χ2v) is 13.9. The SMILES string of the molecule is COc1ccc(C(=O)N(CC(C)(C)C)c2ccccn2)c(N2CC[C@@H](COc3cccc([C@@H](CC(=O)O)C4CC4)c3)[C@@H](C)C2)c1. The topological polar surface area (TPSA) is 92.2 Å². The first kappa shape index (κ1) is 32.3. The van der Waals surface area contributed by atoms with Gasteiger partial charge in [-0.25, -0.2) is 4.98 Å². The third-order valence-corrected chi connectivity index (χ3v) is 9.00. The van der Waals surface area contributed by atoms with Gasteiger partial charge >= 0.3 is 5.97 Å². The molecule has 3 atom stereocenters. The number of ether oxygens (including phenoxy) is 2. The van der Waals surface area contributed by atoms with E-state index in [4.69, 9.17) is 9.47 Å². The number of piperidine rings is 1. The summed E-state index contributed by atoms with van der Waals surface area (Å²) in [4.78, 5) is 34.3. The molecule has 0 unspecified atom stereocenters. The highest BCUT2D eigenvalue weighted by molar-refractivity contribution is 6.09. The Kier molecular flexibility index (Phi) is 10.0. The van der Waals surface area contributed by atoms with Crippen molar-refractivity contribution in [1.82, 2.24) is 4.98 Å². The Balaban J connectivity index is 1.30. The van der Waals surface area contributed by atoms with E-state index in [1.807, 2.05) is 60.7 Å². The van der Waals surface area contributed by atoms with Crippen LogP contribution in [0.25, 0.3) is 0 Å². The van der Waals surface area contributed by atoms with Gasteiger partial charge in [0.05, 0.1) is 31.4 Å². The van der Waals surface area contributed by atoms with Gasteiger partial charge in [0.1, 0.15) is 17.3 Å². The van der Waals surface area contributed by atoms with Crippen LogP contribution in [0.15, 0.2) is 66.9 Å². The van der Waals surface area contributed by atoms with E-state index in [-0.39, 0.29) is 23.7 Å². The lowest BCUT2D eigenvalue weighted by molar-refractivity contribution is -0.137. The Bertz CT molecular complexity index is 1470. The number of anilines is 2. The first-order valence-corrected chi connectivity index (χ1v) is 16.1. The zero-order valence-electron chi connectivity index (χ0n) is 27.2. The molecule has 0 spiro atoms. The quantitative estimate of drug-likeness (QED) is 0.229. The maximum Gasteiger partial charge on any atom is 0.303 e. The van der Waals surface area contributed by atoms with Crippen molar-refractivity contribution in [3.05, 3.63) is 78.0 Å². The van der Waals surface area contributed by atoms with Crippen LogP contribution in [0.1, 0.15) is 75.2 Å². The lowest BCUT2D eigenvalue weighted by Gasteiger charge is -2.39. The molecular weight excluding hydrogens is 566 g/mol. The predicted molar refractivity (Wildman–Crippen MR) is 178 cm³/mol. The highest BCUT2D eigenvalue weighted by atomic mass is 16.5. The molecule has 8 heteroatoms. The summed E-state index contributed by atoms with van der Waals surface area (Å²) in [6, 6.07) is 19.4. The van der Waals surface area contributed by atoms with E-state index in [1.165, 1.54) is 0 Å².